The number of hydrogen-bond donors (Lipinski definition) is 0. The van der Waals surface area contributed by atoms with Crippen LogP contribution in [0.5, 0.6) is 0 Å². The van der Waals surface area contributed by atoms with Crippen molar-refractivity contribution in [2.45, 2.75) is 38.6 Å². The minimum absolute atomic E-state index is 0.526. The summed E-state index contributed by atoms with van der Waals surface area (Å²) in [6.07, 6.45) is 5.15. The first-order valence-corrected chi connectivity index (χ1v) is 7.48. The molecule has 0 radical (unpaired) electrons. The molecule has 2 nitrogen and oxygen atoms in total. The lowest BCUT2D eigenvalue weighted by atomic mass is 9.98. The van der Waals surface area contributed by atoms with E-state index in [4.69, 9.17) is 4.98 Å². The van der Waals surface area contributed by atoms with Gasteiger partial charge in [0.05, 0.1) is 17.3 Å². The van der Waals surface area contributed by atoms with E-state index < -0.39 is 0 Å². The third-order valence-corrected chi connectivity index (χ3v) is 4.09. The third kappa shape index (κ3) is 2.64. The van der Waals surface area contributed by atoms with E-state index in [0.29, 0.717) is 6.04 Å². The van der Waals surface area contributed by atoms with Crippen LogP contribution in [-0.2, 0) is 0 Å². The van der Waals surface area contributed by atoms with Crippen molar-refractivity contribution >= 4 is 10.9 Å². The maximum Gasteiger partial charge on any atom is 0.0706 e. The Morgan fingerprint density at radius 3 is 2.95 bits per heavy atom. The van der Waals surface area contributed by atoms with Crippen LogP contribution < -0.4 is 0 Å². The zero-order valence-corrected chi connectivity index (χ0v) is 11.7. The van der Waals surface area contributed by atoms with Gasteiger partial charge in [-0.05, 0) is 44.5 Å². The van der Waals surface area contributed by atoms with Gasteiger partial charge in [0.15, 0.2) is 0 Å². The van der Waals surface area contributed by atoms with Crippen molar-refractivity contribution in [2.75, 3.05) is 13.1 Å². The summed E-state index contributed by atoms with van der Waals surface area (Å²) in [5, 5.41) is 1.24. The van der Waals surface area contributed by atoms with Crippen LogP contribution in [0.15, 0.2) is 36.4 Å². The SMILES string of the molecule is CCCN1CCCCC1c1ccc2ccccc2n1. The molecular formula is C17H22N2. The van der Waals surface area contributed by atoms with E-state index in [1.807, 2.05) is 0 Å². The molecule has 1 aliphatic heterocycles. The molecule has 1 aromatic carbocycles. The molecule has 0 spiro atoms. The molecule has 100 valence electrons. The number of rotatable bonds is 3. The lowest BCUT2D eigenvalue weighted by molar-refractivity contribution is 0.146. The average Bonchev–Trinajstić information content (AvgIpc) is 2.48. The van der Waals surface area contributed by atoms with E-state index in [0.717, 1.165) is 5.52 Å². The van der Waals surface area contributed by atoms with E-state index >= 15 is 0 Å². The number of aromatic nitrogens is 1. The molecule has 1 atom stereocenters. The summed E-state index contributed by atoms with van der Waals surface area (Å²) in [7, 11) is 0. The molecule has 3 rings (SSSR count). The number of benzene rings is 1. The van der Waals surface area contributed by atoms with Gasteiger partial charge < -0.3 is 0 Å². The van der Waals surface area contributed by atoms with Gasteiger partial charge in [-0.25, -0.2) is 0 Å². The second-order valence-corrected chi connectivity index (χ2v) is 5.48. The molecule has 2 heterocycles. The Morgan fingerprint density at radius 1 is 1.16 bits per heavy atom. The van der Waals surface area contributed by atoms with Crippen molar-refractivity contribution in [3.63, 3.8) is 0 Å². The van der Waals surface area contributed by atoms with E-state index in [9.17, 15) is 0 Å². The number of pyridine rings is 1. The molecule has 0 saturated carbocycles. The quantitative estimate of drug-likeness (QED) is 0.817. The molecule has 0 N–H and O–H groups in total. The van der Waals surface area contributed by atoms with Crippen LogP contribution >= 0.6 is 0 Å². The summed E-state index contributed by atoms with van der Waals surface area (Å²) >= 11 is 0. The normalized spacial score (nSPS) is 20.8. The van der Waals surface area contributed by atoms with E-state index in [2.05, 4.69) is 48.2 Å². The summed E-state index contributed by atoms with van der Waals surface area (Å²) in [5.41, 5.74) is 2.38. The molecule has 1 unspecified atom stereocenters. The first kappa shape index (κ1) is 12.6. The van der Waals surface area contributed by atoms with Crippen LogP contribution in [0.2, 0.25) is 0 Å². The van der Waals surface area contributed by atoms with Gasteiger partial charge in [-0.2, -0.15) is 0 Å². The molecule has 0 amide bonds. The molecule has 1 saturated heterocycles. The molecule has 2 heteroatoms. The molecule has 0 aliphatic carbocycles. The smallest absolute Gasteiger partial charge is 0.0706 e. The van der Waals surface area contributed by atoms with Crippen LogP contribution in [-0.4, -0.2) is 23.0 Å². The third-order valence-electron chi connectivity index (χ3n) is 4.09. The van der Waals surface area contributed by atoms with Gasteiger partial charge in [0.1, 0.15) is 0 Å². The Morgan fingerprint density at radius 2 is 2.05 bits per heavy atom. The van der Waals surface area contributed by atoms with Crippen LogP contribution in [0.25, 0.3) is 10.9 Å². The van der Waals surface area contributed by atoms with Crippen molar-refractivity contribution in [3.8, 4) is 0 Å². The minimum Gasteiger partial charge on any atom is -0.295 e. The van der Waals surface area contributed by atoms with Crippen molar-refractivity contribution < 1.29 is 0 Å². The Hall–Kier alpha value is -1.41. The predicted octanol–water partition coefficient (Wildman–Crippen LogP) is 4.17. The van der Waals surface area contributed by atoms with E-state index in [1.54, 1.807) is 0 Å². The van der Waals surface area contributed by atoms with Gasteiger partial charge in [-0.15, -0.1) is 0 Å². The summed E-state index contributed by atoms with van der Waals surface area (Å²) in [5.74, 6) is 0. The lowest BCUT2D eigenvalue weighted by Gasteiger charge is -2.35. The first-order chi connectivity index (χ1) is 9.38. The van der Waals surface area contributed by atoms with Gasteiger partial charge in [0.2, 0.25) is 0 Å². The van der Waals surface area contributed by atoms with Gasteiger partial charge in [0.25, 0.3) is 0 Å². The highest BCUT2D eigenvalue weighted by molar-refractivity contribution is 5.78. The highest BCUT2D eigenvalue weighted by atomic mass is 15.2. The number of nitrogens with zero attached hydrogens (tertiary/aromatic N) is 2. The van der Waals surface area contributed by atoms with E-state index in [1.165, 1.54) is 49.9 Å². The summed E-state index contributed by atoms with van der Waals surface area (Å²) in [4.78, 5) is 7.50. The molecule has 19 heavy (non-hydrogen) atoms. The molecule has 0 bridgehead atoms. The molecule has 1 fully saturated rings. The zero-order chi connectivity index (χ0) is 13.1. The van der Waals surface area contributed by atoms with Crippen LogP contribution in [0, 0.1) is 0 Å². The predicted molar refractivity (Wildman–Crippen MR) is 80.2 cm³/mol. The average molecular weight is 254 g/mol. The summed E-state index contributed by atoms with van der Waals surface area (Å²) < 4.78 is 0. The van der Waals surface area contributed by atoms with Crippen molar-refractivity contribution in [2.24, 2.45) is 0 Å². The fraction of sp³-hybridized carbons (Fsp3) is 0.471. The Bertz CT molecular complexity index is 548. The van der Waals surface area contributed by atoms with Gasteiger partial charge in [-0.1, -0.05) is 37.6 Å². The van der Waals surface area contributed by atoms with Gasteiger partial charge >= 0.3 is 0 Å². The number of likely N-dealkylation sites (tertiary alicyclic amines) is 1. The van der Waals surface area contributed by atoms with Gasteiger partial charge in [0, 0.05) is 5.39 Å². The molecular weight excluding hydrogens is 232 g/mol. The Balaban J connectivity index is 1.92. The standard InChI is InChI=1S/C17H22N2/c1-2-12-19-13-6-5-9-17(19)16-11-10-14-7-3-4-8-15(14)18-16/h3-4,7-8,10-11,17H,2,5-6,9,12-13H2,1H3. The number of piperidine rings is 1. The molecule has 2 aromatic rings. The maximum atomic E-state index is 4.89. The van der Waals surface area contributed by atoms with Crippen LogP contribution in [0.3, 0.4) is 0 Å². The van der Waals surface area contributed by atoms with Crippen molar-refractivity contribution in [3.05, 3.63) is 42.1 Å². The van der Waals surface area contributed by atoms with Gasteiger partial charge in [-0.3, -0.25) is 9.88 Å². The topological polar surface area (TPSA) is 16.1 Å². The molecule has 1 aromatic heterocycles. The van der Waals surface area contributed by atoms with E-state index in [-0.39, 0.29) is 0 Å². The van der Waals surface area contributed by atoms with Crippen LogP contribution in [0.4, 0.5) is 0 Å². The summed E-state index contributed by atoms with van der Waals surface area (Å²) in [6.45, 7) is 4.69. The van der Waals surface area contributed by atoms with Crippen molar-refractivity contribution in [1.82, 2.24) is 9.88 Å². The zero-order valence-electron chi connectivity index (χ0n) is 11.7. The number of hydrogen-bond acceptors (Lipinski definition) is 2. The largest absolute Gasteiger partial charge is 0.295 e. The van der Waals surface area contributed by atoms with Crippen LogP contribution in [0.1, 0.15) is 44.3 Å². The fourth-order valence-corrected chi connectivity index (χ4v) is 3.15. The summed E-state index contributed by atoms with van der Waals surface area (Å²) in [6, 6.07) is 13.4. The monoisotopic (exact) mass is 254 g/mol. The number of para-hydroxylation sites is 1. The second-order valence-electron chi connectivity index (χ2n) is 5.48. The maximum absolute atomic E-state index is 4.89. The minimum atomic E-state index is 0.526. The van der Waals surface area contributed by atoms with Crippen molar-refractivity contribution in [1.29, 1.82) is 0 Å². The molecule has 1 aliphatic rings. The second kappa shape index (κ2) is 5.70. The first-order valence-electron chi connectivity index (χ1n) is 7.48. The highest BCUT2D eigenvalue weighted by Crippen LogP contribution is 2.30. The Labute approximate surface area is 115 Å². The lowest BCUT2D eigenvalue weighted by Crippen LogP contribution is -2.34. The number of fused-ring (bicyclic) bond motifs is 1. The fourth-order valence-electron chi connectivity index (χ4n) is 3.15. The highest BCUT2D eigenvalue weighted by Gasteiger charge is 2.24. The Kier molecular flexibility index (Phi) is 3.79.